The normalized spacial score (nSPS) is 13.6. The van der Waals surface area contributed by atoms with Crippen LogP contribution in [0.5, 0.6) is 0 Å². The van der Waals surface area contributed by atoms with Gasteiger partial charge in [0, 0.05) is 19.6 Å². The van der Waals surface area contributed by atoms with Crippen molar-refractivity contribution in [3.05, 3.63) is 78.9 Å². The summed E-state index contributed by atoms with van der Waals surface area (Å²) >= 11 is 24.0. The first-order valence-electron chi connectivity index (χ1n) is 11.2. The highest BCUT2D eigenvalue weighted by Gasteiger charge is 2.32. The van der Waals surface area contributed by atoms with Crippen LogP contribution in [0.1, 0.15) is 30.9 Å². The van der Waals surface area contributed by atoms with Gasteiger partial charge in [0.15, 0.2) is 0 Å². The Hall–Kier alpha value is -1.92. The van der Waals surface area contributed by atoms with Gasteiger partial charge < -0.3 is 15.5 Å². The fraction of sp³-hybridized carbons (Fsp3) is 0.360. The molecule has 0 aromatic heterocycles. The molecule has 0 fully saturated rings. The van der Waals surface area contributed by atoms with Crippen molar-refractivity contribution in [2.75, 3.05) is 26.2 Å². The lowest BCUT2D eigenvalue weighted by Crippen LogP contribution is -2.31. The van der Waals surface area contributed by atoms with Crippen LogP contribution in [0.2, 0.25) is 20.1 Å². The van der Waals surface area contributed by atoms with Crippen molar-refractivity contribution >= 4 is 58.2 Å². The third-order valence-electron chi connectivity index (χ3n) is 5.65. The van der Waals surface area contributed by atoms with E-state index >= 15 is 0 Å². The quantitative estimate of drug-likeness (QED) is 0.359. The van der Waals surface area contributed by atoms with E-state index in [2.05, 4.69) is 10.6 Å². The Morgan fingerprint density at radius 2 is 1.44 bits per heavy atom. The Bertz CT molecular complexity index is 1090. The van der Waals surface area contributed by atoms with Crippen molar-refractivity contribution < 1.29 is 9.59 Å². The molecule has 5 nitrogen and oxygen atoms in total. The van der Waals surface area contributed by atoms with Crippen molar-refractivity contribution in [3.8, 4) is 0 Å². The van der Waals surface area contributed by atoms with E-state index in [0.29, 0.717) is 57.5 Å². The highest BCUT2D eigenvalue weighted by Crippen LogP contribution is 2.24. The Balaban J connectivity index is 1.52. The Kier molecular flexibility index (Phi) is 9.96. The number of benzene rings is 2. The number of nitrogens with zero attached hydrogens (tertiary/aromatic N) is 1. The number of nitrogens with one attached hydrogen (secondary N) is 2. The fourth-order valence-corrected chi connectivity index (χ4v) is 4.39. The van der Waals surface area contributed by atoms with Crippen LogP contribution in [0.25, 0.3) is 0 Å². The molecule has 2 N–H and O–H groups in total. The van der Waals surface area contributed by atoms with Crippen LogP contribution in [-0.2, 0) is 22.4 Å². The molecule has 0 unspecified atom stereocenters. The highest BCUT2D eigenvalue weighted by molar-refractivity contribution is 6.42. The summed E-state index contributed by atoms with van der Waals surface area (Å²) in [5.41, 5.74) is 2.99. The SMILES string of the molecule is CCN1CC(C(=O)NCCCc2ccc(Cl)c(Cl)c2)=C(NCCCc2ccc(Cl)c(Cl)c2)C1=O. The van der Waals surface area contributed by atoms with Crippen LogP contribution in [0.4, 0.5) is 0 Å². The smallest absolute Gasteiger partial charge is 0.270 e. The van der Waals surface area contributed by atoms with Gasteiger partial charge in [-0.3, -0.25) is 9.59 Å². The zero-order valence-corrected chi connectivity index (χ0v) is 21.9. The maximum absolute atomic E-state index is 12.8. The summed E-state index contributed by atoms with van der Waals surface area (Å²) in [6, 6.07) is 11.1. The minimum absolute atomic E-state index is 0.141. The van der Waals surface area contributed by atoms with Crippen LogP contribution in [-0.4, -0.2) is 42.9 Å². The van der Waals surface area contributed by atoms with Gasteiger partial charge >= 0.3 is 0 Å². The molecule has 0 saturated heterocycles. The maximum atomic E-state index is 12.8. The van der Waals surface area contributed by atoms with Crippen molar-refractivity contribution in [2.45, 2.75) is 32.6 Å². The minimum atomic E-state index is -0.217. The first-order valence-corrected chi connectivity index (χ1v) is 12.7. The van der Waals surface area contributed by atoms with E-state index in [1.165, 1.54) is 0 Å². The van der Waals surface area contributed by atoms with Gasteiger partial charge in [-0.15, -0.1) is 0 Å². The molecule has 2 aromatic rings. The van der Waals surface area contributed by atoms with Gasteiger partial charge in [0.1, 0.15) is 5.70 Å². The van der Waals surface area contributed by atoms with E-state index in [1.54, 1.807) is 17.0 Å². The molecular weight excluding hydrogens is 516 g/mol. The zero-order valence-electron chi connectivity index (χ0n) is 18.9. The largest absolute Gasteiger partial charge is 0.380 e. The first-order chi connectivity index (χ1) is 16.3. The number of aryl methyl sites for hydroxylation is 2. The molecule has 0 bridgehead atoms. The van der Waals surface area contributed by atoms with Gasteiger partial charge in [-0.05, 0) is 68.0 Å². The van der Waals surface area contributed by atoms with Gasteiger partial charge in [0.05, 0.1) is 32.2 Å². The highest BCUT2D eigenvalue weighted by atomic mass is 35.5. The molecule has 1 aliphatic heterocycles. The molecule has 0 aliphatic carbocycles. The summed E-state index contributed by atoms with van der Waals surface area (Å²) in [6.45, 7) is 3.81. The van der Waals surface area contributed by atoms with E-state index in [0.717, 1.165) is 36.8 Å². The summed E-state index contributed by atoms with van der Waals surface area (Å²) in [6.07, 6.45) is 3.06. The molecule has 0 spiro atoms. The second kappa shape index (κ2) is 12.7. The summed E-state index contributed by atoms with van der Waals surface area (Å²) in [7, 11) is 0. The number of halogens is 4. The predicted molar refractivity (Wildman–Crippen MR) is 140 cm³/mol. The first kappa shape index (κ1) is 26.7. The predicted octanol–water partition coefficient (Wildman–Crippen LogP) is 5.69. The molecule has 1 heterocycles. The van der Waals surface area contributed by atoms with E-state index in [-0.39, 0.29) is 11.8 Å². The molecule has 3 rings (SSSR count). The van der Waals surface area contributed by atoms with E-state index in [9.17, 15) is 9.59 Å². The van der Waals surface area contributed by atoms with Gasteiger partial charge in [-0.25, -0.2) is 0 Å². The second-order valence-electron chi connectivity index (χ2n) is 8.06. The summed E-state index contributed by atoms with van der Waals surface area (Å²) in [5.74, 6) is -0.358. The van der Waals surface area contributed by atoms with Crippen LogP contribution < -0.4 is 10.6 Å². The van der Waals surface area contributed by atoms with Gasteiger partial charge in [-0.2, -0.15) is 0 Å². The lowest BCUT2D eigenvalue weighted by molar-refractivity contribution is -0.125. The number of rotatable bonds is 11. The van der Waals surface area contributed by atoms with Crippen molar-refractivity contribution in [3.63, 3.8) is 0 Å². The fourth-order valence-electron chi connectivity index (χ4n) is 3.75. The molecule has 1 aliphatic rings. The number of likely N-dealkylation sites (N-methyl/N-ethyl adjacent to an activating group) is 1. The summed E-state index contributed by atoms with van der Waals surface area (Å²) < 4.78 is 0. The molecule has 2 amide bonds. The molecular formula is C25H27Cl4N3O2. The molecule has 0 atom stereocenters. The van der Waals surface area contributed by atoms with Crippen molar-refractivity contribution in [1.82, 2.24) is 15.5 Å². The number of carbonyl (C=O) groups excluding carboxylic acids is 2. The van der Waals surface area contributed by atoms with Gasteiger partial charge in [0.25, 0.3) is 11.8 Å². The van der Waals surface area contributed by atoms with Crippen LogP contribution in [0, 0.1) is 0 Å². The topological polar surface area (TPSA) is 61.4 Å². The van der Waals surface area contributed by atoms with Crippen LogP contribution in [0.15, 0.2) is 47.7 Å². The number of carbonyl (C=O) groups is 2. The minimum Gasteiger partial charge on any atom is -0.380 e. The average Bonchev–Trinajstić information content (AvgIpc) is 3.14. The Morgan fingerprint density at radius 3 is 1.97 bits per heavy atom. The lowest BCUT2D eigenvalue weighted by Gasteiger charge is -2.13. The van der Waals surface area contributed by atoms with Crippen molar-refractivity contribution in [1.29, 1.82) is 0 Å². The molecule has 0 radical (unpaired) electrons. The average molecular weight is 543 g/mol. The van der Waals surface area contributed by atoms with Crippen LogP contribution in [0.3, 0.4) is 0 Å². The van der Waals surface area contributed by atoms with E-state index < -0.39 is 0 Å². The molecule has 34 heavy (non-hydrogen) atoms. The van der Waals surface area contributed by atoms with Gasteiger partial charge in [-0.1, -0.05) is 58.5 Å². The lowest BCUT2D eigenvalue weighted by atomic mass is 10.1. The Morgan fingerprint density at radius 1 is 0.882 bits per heavy atom. The zero-order chi connectivity index (χ0) is 24.7. The third kappa shape index (κ3) is 7.05. The second-order valence-corrected chi connectivity index (χ2v) is 9.69. The summed E-state index contributed by atoms with van der Waals surface area (Å²) in [4.78, 5) is 27.2. The molecule has 2 aromatic carbocycles. The van der Waals surface area contributed by atoms with Gasteiger partial charge in [0.2, 0.25) is 0 Å². The monoisotopic (exact) mass is 541 g/mol. The number of amides is 2. The Labute approximate surface area is 220 Å². The number of hydrogen-bond acceptors (Lipinski definition) is 3. The molecule has 9 heteroatoms. The van der Waals surface area contributed by atoms with Crippen LogP contribution >= 0.6 is 46.4 Å². The standard InChI is InChI=1S/C25H27Cl4N3O2/c1-2-32-15-18(24(33)31-12-4-6-17-8-10-20(27)22(29)14-17)23(25(32)34)30-11-3-5-16-7-9-19(26)21(28)13-16/h7-10,13-14,30H,2-6,11-12,15H2,1H3,(H,31,33). The maximum Gasteiger partial charge on any atom is 0.270 e. The summed E-state index contributed by atoms with van der Waals surface area (Å²) in [5, 5.41) is 8.23. The number of hydrogen-bond donors (Lipinski definition) is 2. The van der Waals surface area contributed by atoms with E-state index in [1.807, 2.05) is 31.2 Å². The van der Waals surface area contributed by atoms with E-state index in [4.69, 9.17) is 46.4 Å². The molecule has 182 valence electrons. The molecule has 0 saturated carbocycles. The third-order valence-corrected chi connectivity index (χ3v) is 7.13. The van der Waals surface area contributed by atoms with Crippen molar-refractivity contribution in [2.24, 2.45) is 0 Å².